The Labute approximate surface area is 215 Å². The first-order valence-electron chi connectivity index (χ1n) is 11.9. The maximum Gasteiger partial charge on any atom is 0.262 e. The van der Waals surface area contributed by atoms with Crippen LogP contribution in [0.4, 0.5) is 4.39 Å². The summed E-state index contributed by atoms with van der Waals surface area (Å²) in [5, 5.41) is 6.37. The fourth-order valence-corrected chi connectivity index (χ4v) is 4.66. The van der Waals surface area contributed by atoms with E-state index >= 15 is 0 Å². The number of hydrogen-bond acceptors (Lipinski definition) is 6. The van der Waals surface area contributed by atoms with Crippen LogP contribution in [0.5, 0.6) is 0 Å². The van der Waals surface area contributed by atoms with Crippen LogP contribution in [0.2, 0.25) is 5.02 Å². The second-order valence-electron chi connectivity index (χ2n) is 8.71. The van der Waals surface area contributed by atoms with Gasteiger partial charge in [0.05, 0.1) is 25.0 Å². The monoisotopic (exact) mass is 516 g/mol. The summed E-state index contributed by atoms with van der Waals surface area (Å²) in [4.78, 5) is 30.0. The number of morpholine rings is 1. The average molecular weight is 517 g/mol. The van der Waals surface area contributed by atoms with Gasteiger partial charge in [-0.1, -0.05) is 48.0 Å². The lowest BCUT2D eigenvalue weighted by Crippen LogP contribution is -2.47. The predicted molar refractivity (Wildman–Crippen MR) is 134 cm³/mol. The fraction of sp³-hybridized carbons (Fsp3) is 0.423. The van der Waals surface area contributed by atoms with Gasteiger partial charge in [-0.2, -0.15) is 5.10 Å². The van der Waals surface area contributed by atoms with Crippen LogP contribution < -0.4 is 0 Å². The Morgan fingerprint density at radius 1 is 1.17 bits per heavy atom. The van der Waals surface area contributed by atoms with Gasteiger partial charge in [0.2, 0.25) is 5.91 Å². The third kappa shape index (κ3) is 6.28. The van der Waals surface area contributed by atoms with E-state index < -0.39 is 17.8 Å². The van der Waals surface area contributed by atoms with E-state index in [1.165, 1.54) is 23.1 Å². The Morgan fingerprint density at radius 2 is 1.89 bits per heavy atom. The molecular formula is C26H30ClFN4O4. The minimum absolute atomic E-state index is 0.138. The number of amides is 2. The van der Waals surface area contributed by atoms with Crippen LogP contribution in [0, 0.1) is 5.82 Å². The van der Waals surface area contributed by atoms with Crippen molar-refractivity contribution in [2.24, 2.45) is 5.10 Å². The lowest BCUT2D eigenvalue weighted by Gasteiger charge is -2.31. The molecule has 0 saturated carbocycles. The average Bonchev–Trinajstić information content (AvgIpc) is 3.33. The highest BCUT2D eigenvalue weighted by molar-refractivity contribution is 6.34. The Bertz CT molecular complexity index is 1110. The lowest BCUT2D eigenvalue weighted by molar-refractivity contribution is -0.144. The summed E-state index contributed by atoms with van der Waals surface area (Å²) >= 11 is 6.39. The molecule has 1 atom stereocenters. The molecule has 2 aliphatic rings. The van der Waals surface area contributed by atoms with E-state index in [0.29, 0.717) is 54.6 Å². The minimum Gasteiger partial charge on any atom is -0.379 e. The maximum absolute atomic E-state index is 14.8. The Hall–Kier alpha value is -2.85. The number of nitrogens with zero attached hydrogens (tertiary/aromatic N) is 4. The summed E-state index contributed by atoms with van der Waals surface area (Å²) in [6.45, 7) is 3.45. The Kier molecular flexibility index (Phi) is 9.03. The van der Waals surface area contributed by atoms with E-state index in [-0.39, 0.29) is 19.1 Å². The number of rotatable bonds is 9. The number of benzene rings is 2. The van der Waals surface area contributed by atoms with Gasteiger partial charge in [-0.3, -0.25) is 14.5 Å². The molecule has 0 radical (unpaired) electrons. The molecule has 0 N–H and O–H groups in total. The molecule has 10 heteroatoms. The van der Waals surface area contributed by atoms with Gasteiger partial charge in [0.15, 0.2) is 0 Å². The molecule has 1 saturated heterocycles. The van der Waals surface area contributed by atoms with E-state index in [2.05, 4.69) is 10.0 Å². The summed E-state index contributed by atoms with van der Waals surface area (Å²) in [6, 6.07) is 12.9. The molecular weight excluding hydrogens is 487 g/mol. The molecule has 2 aromatic carbocycles. The number of hydrogen-bond donors (Lipinski definition) is 0. The molecule has 2 aromatic rings. The molecule has 0 aromatic heterocycles. The second-order valence-corrected chi connectivity index (χ2v) is 9.12. The predicted octanol–water partition coefficient (Wildman–Crippen LogP) is 2.96. The van der Waals surface area contributed by atoms with E-state index in [4.69, 9.17) is 21.1 Å². The van der Waals surface area contributed by atoms with Gasteiger partial charge in [0, 0.05) is 55.9 Å². The quantitative estimate of drug-likeness (QED) is 0.512. The van der Waals surface area contributed by atoms with Crippen molar-refractivity contribution in [2.75, 3.05) is 59.7 Å². The van der Waals surface area contributed by atoms with Gasteiger partial charge in [0.25, 0.3) is 5.91 Å². The van der Waals surface area contributed by atoms with Crippen molar-refractivity contribution in [2.45, 2.75) is 12.5 Å². The zero-order valence-electron chi connectivity index (χ0n) is 20.2. The van der Waals surface area contributed by atoms with Crippen LogP contribution in [0.1, 0.15) is 23.6 Å². The Balaban J connectivity index is 1.57. The number of carbonyl (C=O) groups excluding carboxylic acids is 2. The highest BCUT2D eigenvalue weighted by Crippen LogP contribution is 2.35. The van der Waals surface area contributed by atoms with Crippen LogP contribution in [-0.4, -0.2) is 92.0 Å². The SMILES string of the molecule is COCC(=O)N(CCN1CCOCC1)CC(=O)N1N=C(c2ccccc2Cl)CC1c1ccccc1F. The number of hydrazone groups is 1. The van der Waals surface area contributed by atoms with Crippen molar-refractivity contribution in [1.29, 1.82) is 0 Å². The van der Waals surface area contributed by atoms with Crippen molar-refractivity contribution in [3.8, 4) is 0 Å². The minimum atomic E-state index is -0.649. The summed E-state index contributed by atoms with van der Waals surface area (Å²) in [6.07, 6.45) is 0.302. The molecule has 8 nitrogen and oxygen atoms in total. The van der Waals surface area contributed by atoms with Crippen molar-refractivity contribution in [3.05, 3.63) is 70.5 Å². The zero-order valence-corrected chi connectivity index (χ0v) is 21.0. The third-order valence-electron chi connectivity index (χ3n) is 6.35. The van der Waals surface area contributed by atoms with Crippen molar-refractivity contribution < 1.29 is 23.5 Å². The van der Waals surface area contributed by atoms with Crippen molar-refractivity contribution >= 4 is 29.1 Å². The van der Waals surface area contributed by atoms with E-state index in [0.717, 1.165) is 13.1 Å². The van der Waals surface area contributed by atoms with Gasteiger partial charge < -0.3 is 14.4 Å². The lowest BCUT2D eigenvalue weighted by atomic mass is 9.98. The van der Waals surface area contributed by atoms with Crippen molar-refractivity contribution in [1.82, 2.24) is 14.8 Å². The third-order valence-corrected chi connectivity index (χ3v) is 6.68. The van der Waals surface area contributed by atoms with Crippen LogP contribution in [0.25, 0.3) is 0 Å². The van der Waals surface area contributed by atoms with E-state index in [1.807, 2.05) is 18.2 Å². The molecule has 0 spiro atoms. The summed E-state index contributed by atoms with van der Waals surface area (Å²) in [5.74, 6) is -1.12. The zero-order chi connectivity index (χ0) is 25.5. The first-order valence-corrected chi connectivity index (χ1v) is 12.3. The highest BCUT2D eigenvalue weighted by Gasteiger charge is 2.36. The van der Waals surface area contributed by atoms with Gasteiger partial charge in [-0.15, -0.1) is 0 Å². The summed E-state index contributed by atoms with van der Waals surface area (Å²) in [5.41, 5.74) is 1.64. The molecule has 4 rings (SSSR count). The summed E-state index contributed by atoms with van der Waals surface area (Å²) < 4.78 is 25.2. The van der Waals surface area contributed by atoms with Gasteiger partial charge in [0.1, 0.15) is 19.0 Å². The van der Waals surface area contributed by atoms with Crippen LogP contribution in [-0.2, 0) is 19.1 Å². The molecule has 2 aliphatic heterocycles. The van der Waals surface area contributed by atoms with Crippen LogP contribution in [0.15, 0.2) is 53.6 Å². The number of halogens is 2. The highest BCUT2D eigenvalue weighted by atomic mass is 35.5. The van der Waals surface area contributed by atoms with Gasteiger partial charge in [-0.25, -0.2) is 9.40 Å². The normalized spacial score (nSPS) is 18.2. The van der Waals surface area contributed by atoms with Crippen LogP contribution in [0.3, 0.4) is 0 Å². The first kappa shape index (κ1) is 26.2. The molecule has 1 fully saturated rings. The fourth-order valence-electron chi connectivity index (χ4n) is 4.42. The smallest absolute Gasteiger partial charge is 0.262 e. The van der Waals surface area contributed by atoms with E-state index in [1.54, 1.807) is 24.3 Å². The molecule has 192 valence electrons. The number of methoxy groups -OCH3 is 1. The first-order chi connectivity index (χ1) is 17.5. The molecule has 0 bridgehead atoms. The van der Waals surface area contributed by atoms with Crippen molar-refractivity contribution in [3.63, 3.8) is 0 Å². The van der Waals surface area contributed by atoms with Crippen LogP contribution >= 0.6 is 11.6 Å². The molecule has 2 heterocycles. The molecule has 2 amide bonds. The molecule has 0 aliphatic carbocycles. The molecule has 36 heavy (non-hydrogen) atoms. The number of carbonyl (C=O) groups is 2. The Morgan fingerprint density at radius 3 is 2.61 bits per heavy atom. The maximum atomic E-state index is 14.8. The standard InChI is InChI=1S/C26H30ClFN4O4/c1-35-18-26(34)31(11-10-30-12-14-36-15-13-30)17-25(33)32-24(20-7-3-5-9-22(20)28)16-23(29-32)19-6-2-4-8-21(19)27/h2-9,24H,10-18H2,1H3. The van der Waals surface area contributed by atoms with Gasteiger partial charge in [-0.05, 0) is 12.1 Å². The number of ether oxygens (including phenoxy) is 2. The largest absolute Gasteiger partial charge is 0.379 e. The summed E-state index contributed by atoms with van der Waals surface area (Å²) in [7, 11) is 1.44. The molecule has 1 unspecified atom stereocenters. The topological polar surface area (TPSA) is 74.7 Å². The van der Waals surface area contributed by atoms with Gasteiger partial charge >= 0.3 is 0 Å². The second kappa shape index (κ2) is 12.4. The van der Waals surface area contributed by atoms with E-state index in [9.17, 15) is 14.0 Å².